The Bertz CT molecular complexity index is 193. The second-order valence-corrected chi connectivity index (χ2v) is 2.98. The topological polar surface area (TPSA) is 12.4 Å². The summed E-state index contributed by atoms with van der Waals surface area (Å²) in [6.45, 7) is 0. The number of aliphatic imine (C=N–C) groups is 1. The van der Waals surface area contributed by atoms with Crippen molar-refractivity contribution in [3.63, 3.8) is 0 Å². The Hall–Kier alpha value is -0.0800. The SMILES string of the molecule is ClC1=NC=C(Br)C=CC1. The Morgan fingerprint density at radius 2 is 2.44 bits per heavy atom. The molecular weight excluding hydrogens is 201 g/mol. The highest BCUT2D eigenvalue weighted by atomic mass is 79.9. The van der Waals surface area contributed by atoms with Gasteiger partial charge in [0.2, 0.25) is 0 Å². The van der Waals surface area contributed by atoms with Gasteiger partial charge < -0.3 is 0 Å². The molecule has 0 amide bonds. The normalized spacial score (nSPS) is 18.4. The lowest BCUT2D eigenvalue weighted by Gasteiger charge is -1.82. The molecule has 0 radical (unpaired) electrons. The van der Waals surface area contributed by atoms with Crippen molar-refractivity contribution in [3.05, 3.63) is 22.8 Å². The third kappa shape index (κ3) is 2.33. The maximum Gasteiger partial charge on any atom is 0.110 e. The standard InChI is InChI=1S/C6H5BrClN/c7-5-2-1-3-6(8)9-4-5/h1-2,4H,3H2. The van der Waals surface area contributed by atoms with Gasteiger partial charge in [0.25, 0.3) is 0 Å². The van der Waals surface area contributed by atoms with Crippen molar-refractivity contribution in [2.75, 3.05) is 0 Å². The number of rotatable bonds is 0. The molecule has 1 nitrogen and oxygen atoms in total. The van der Waals surface area contributed by atoms with Crippen LogP contribution in [0.2, 0.25) is 0 Å². The fourth-order valence-corrected chi connectivity index (χ4v) is 0.923. The second kappa shape index (κ2) is 3.18. The predicted octanol–water partition coefficient (Wildman–Crippen LogP) is 2.82. The van der Waals surface area contributed by atoms with E-state index in [-0.39, 0.29) is 0 Å². The molecule has 1 rings (SSSR count). The minimum atomic E-state index is 0.626. The highest BCUT2D eigenvalue weighted by Gasteiger charge is 1.93. The van der Waals surface area contributed by atoms with Crippen LogP contribution in [0.5, 0.6) is 0 Å². The minimum Gasteiger partial charge on any atom is -0.248 e. The lowest BCUT2D eigenvalue weighted by atomic mass is 10.4. The number of halogens is 2. The molecule has 0 atom stereocenters. The molecule has 0 saturated carbocycles. The van der Waals surface area contributed by atoms with Gasteiger partial charge in [-0.1, -0.05) is 17.7 Å². The summed E-state index contributed by atoms with van der Waals surface area (Å²) in [4.78, 5) is 3.92. The first-order valence-electron chi connectivity index (χ1n) is 2.53. The molecule has 1 aliphatic rings. The first-order chi connectivity index (χ1) is 4.29. The van der Waals surface area contributed by atoms with Gasteiger partial charge in [-0.3, -0.25) is 0 Å². The summed E-state index contributed by atoms with van der Waals surface area (Å²) in [6, 6.07) is 0. The molecule has 0 aromatic carbocycles. The summed E-state index contributed by atoms with van der Waals surface area (Å²) < 4.78 is 0.957. The summed E-state index contributed by atoms with van der Waals surface area (Å²) >= 11 is 8.89. The van der Waals surface area contributed by atoms with Crippen LogP contribution in [0.4, 0.5) is 0 Å². The zero-order valence-corrected chi connectivity index (χ0v) is 6.98. The van der Waals surface area contributed by atoms with Crippen molar-refractivity contribution < 1.29 is 0 Å². The van der Waals surface area contributed by atoms with Crippen molar-refractivity contribution in [2.24, 2.45) is 4.99 Å². The van der Waals surface area contributed by atoms with E-state index in [1.54, 1.807) is 6.20 Å². The van der Waals surface area contributed by atoms with E-state index in [1.807, 2.05) is 12.2 Å². The second-order valence-electron chi connectivity index (χ2n) is 1.63. The Labute approximate surface area is 67.2 Å². The Morgan fingerprint density at radius 1 is 1.67 bits per heavy atom. The molecular formula is C6H5BrClN. The van der Waals surface area contributed by atoms with Crippen molar-refractivity contribution >= 4 is 32.7 Å². The van der Waals surface area contributed by atoms with E-state index < -0.39 is 0 Å². The molecule has 0 unspecified atom stereocenters. The van der Waals surface area contributed by atoms with Gasteiger partial charge in [0.1, 0.15) is 5.17 Å². The van der Waals surface area contributed by atoms with Gasteiger partial charge in [0, 0.05) is 17.1 Å². The molecule has 0 aliphatic carbocycles. The van der Waals surface area contributed by atoms with Crippen LogP contribution in [0, 0.1) is 0 Å². The Morgan fingerprint density at radius 3 is 3.22 bits per heavy atom. The number of hydrogen-bond donors (Lipinski definition) is 0. The molecule has 1 heterocycles. The molecule has 9 heavy (non-hydrogen) atoms. The van der Waals surface area contributed by atoms with Gasteiger partial charge in [0.15, 0.2) is 0 Å². The van der Waals surface area contributed by atoms with Gasteiger partial charge in [-0.2, -0.15) is 0 Å². The fourth-order valence-electron chi connectivity index (χ4n) is 0.496. The quantitative estimate of drug-likeness (QED) is 0.578. The lowest BCUT2D eigenvalue weighted by Crippen LogP contribution is -1.78. The van der Waals surface area contributed by atoms with E-state index in [4.69, 9.17) is 11.6 Å². The minimum absolute atomic E-state index is 0.626. The van der Waals surface area contributed by atoms with Crippen molar-refractivity contribution in [1.82, 2.24) is 0 Å². The smallest absolute Gasteiger partial charge is 0.110 e. The average molecular weight is 206 g/mol. The van der Waals surface area contributed by atoms with Crippen molar-refractivity contribution in [3.8, 4) is 0 Å². The van der Waals surface area contributed by atoms with Gasteiger partial charge in [-0.15, -0.1) is 0 Å². The molecule has 1 aliphatic heterocycles. The fraction of sp³-hybridized carbons (Fsp3) is 0.167. The van der Waals surface area contributed by atoms with Crippen LogP contribution in [0.15, 0.2) is 27.8 Å². The lowest BCUT2D eigenvalue weighted by molar-refractivity contribution is 1.48. The molecule has 0 fully saturated rings. The average Bonchev–Trinajstić information content (AvgIpc) is 1.97. The van der Waals surface area contributed by atoms with Crippen LogP contribution in [0.1, 0.15) is 6.42 Å². The number of hydrogen-bond acceptors (Lipinski definition) is 1. The maximum atomic E-state index is 5.62. The van der Waals surface area contributed by atoms with E-state index in [1.165, 1.54) is 0 Å². The first-order valence-corrected chi connectivity index (χ1v) is 3.70. The van der Waals surface area contributed by atoms with Crippen LogP contribution in [0.3, 0.4) is 0 Å². The van der Waals surface area contributed by atoms with Crippen LogP contribution >= 0.6 is 27.5 Å². The summed E-state index contributed by atoms with van der Waals surface area (Å²) in [7, 11) is 0. The molecule has 0 aromatic heterocycles. The van der Waals surface area contributed by atoms with E-state index >= 15 is 0 Å². The van der Waals surface area contributed by atoms with Gasteiger partial charge in [-0.05, 0) is 22.0 Å². The maximum absolute atomic E-state index is 5.62. The molecule has 48 valence electrons. The molecule has 3 heteroatoms. The highest BCUT2D eigenvalue weighted by Crippen LogP contribution is 2.11. The van der Waals surface area contributed by atoms with Crippen LogP contribution in [0.25, 0.3) is 0 Å². The van der Waals surface area contributed by atoms with E-state index in [0.717, 1.165) is 10.9 Å². The van der Waals surface area contributed by atoms with E-state index in [9.17, 15) is 0 Å². The Kier molecular flexibility index (Phi) is 2.49. The Balaban J connectivity index is 2.80. The van der Waals surface area contributed by atoms with E-state index in [0.29, 0.717) is 5.17 Å². The number of allylic oxidation sites excluding steroid dienone is 3. The summed E-state index contributed by atoms with van der Waals surface area (Å²) in [5, 5.41) is 0.626. The van der Waals surface area contributed by atoms with Crippen molar-refractivity contribution in [2.45, 2.75) is 6.42 Å². The van der Waals surface area contributed by atoms with Crippen LogP contribution < -0.4 is 0 Å². The monoisotopic (exact) mass is 205 g/mol. The van der Waals surface area contributed by atoms with Gasteiger partial charge in [-0.25, -0.2) is 4.99 Å². The van der Waals surface area contributed by atoms with E-state index in [2.05, 4.69) is 20.9 Å². The van der Waals surface area contributed by atoms with Gasteiger partial charge in [0.05, 0.1) is 0 Å². The summed E-state index contributed by atoms with van der Waals surface area (Å²) in [5.41, 5.74) is 0. The predicted molar refractivity (Wildman–Crippen MR) is 44.1 cm³/mol. The molecule has 0 bridgehead atoms. The summed E-state index contributed by atoms with van der Waals surface area (Å²) in [5.74, 6) is 0. The zero-order valence-electron chi connectivity index (χ0n) is 4.64. The molecule has 0 N–H and O–H groups in total. The summed E-state index contributed by atoms with van der Waals surface area (Å²) in [6.07, 6.45) is 6.30. The molecule has 0 spiro atoms. The number of nitrogens with zero attached hydrogens (tertiary/aromatic N) is 1. The first kappa shape index (κ1) is 7.03. The highest BCUT2D eigenvalue weighted by molar-refractivity contribution is 9.11. The third-order valence-electron chi connectivity index (χ3n) is 0.891. The molecule has 0 aromatic rings. The zero-order chi connectivity index (χ0) is 6.69. The van der Waals surface area contributed by atoms with Crippen molar-refractivity contribution in [1.29, 1.82) is 0 Å². The third-order valence-corrected chi connectivity index (χ3v) is 1.61. The largest absolute Gasteiger partial charge is 0.248 e. The van der Waals surface area contributed by atoms with Crippen LogP contribution in [-0.4, -0.2) is 5.17 Å². The molecule has 0 saturated heterocycles. The van der Waals surface area contributed by atoms with Crippen LogP contribution in [-0.2, 0) is 0 Å². The van der Waals surface area contributed by atoms with Gasteiger partial charge >= 0.3 is 0 Å².